The van der Waals surface area contributed by atoms with Crippen LogP contribution in [0.5, 0.6) is 0 Å². The highest BCUT2D eigenvalue weighted by Crippen LogP contribution is 2.38. The number of hydrogen-bond acceptors (Lipinski definition) is 5. The lowest BCUT2D eigenvalue weighted by atomic mass is 10.2. The molecule has 0 aliphatic carbocycles. The average molecular weight is 419 g/mol. The smallest absolute Gasteiger partial charge is 0.338 e. The molecule has 1 aliphatic rings. The minimum absolute atomic E-state index is 0.0266. The Balaban J connectivity index is 1.57. The van der Waals surface area contributed by atoms with Crippen molar-refractivity contribution in [3.8, 4) is 0 Å². The van der Waals surface area contributed by atoms with E-state index in [1.54, 1.807) is 36.4 Å². The number of anilines is 2. The fourth-order valence-corrected chi connectivity index (χ4v) is 3.87. The van der Waals surface area contributed by atoms with Gasteiger partial charge in [0, 0.05) is 22.0 Å². The van der Waals surface area contributed by atoms with Crippen LogP contribution in [0.4, 0.5) is 11.4 Å². The summed E-state index contributed by atoms with van der Waals surface area (Å²) >= 11 is 7.27. The van der Waals surface area contributed by atoms with Gasteiger partial charge < -0.3 is 15.4 Å². The highest BCUT2D eigenvalue weighted by molar-refractivity contribution is 8.01. The van der Waals surface area contributed by atoms with E-state index in [4.69, 9.17) is 16.3 Å². The van der Waals surface area contributed by atoms with Crippen LogP contribution in [-0.4, -0.2) is 29.6 Å². The first kappa shape index (κ1) is 20.2. The van der Waals surface area contributed by atoms with Crippen LogP contribution in [-0.2, 0) is 14.3 Å². The summed E-state index contributed by atoms with van der Waals surface area (Å²) in [6, 6.07) is 11.7. The normalized spacial score (nSPS) is 15.4. The van der Waals surface area contributed by atoms with Gasteiger partial charge in [0.1, 0.15) is 0 Å². The number of benzene rings is 2. The molecule has 0 saturated heterocycles. The van der Waals surface area contributed by atoms with Crippen molar-refractivity contribution in [3.63, 3.8) is 0 Å². The maximum atomic E-state index is 12.3. The summed E-state index contributed by atoms with van der Waals surface area (Å²) in [7, 11) is 0. The second-order valence-corrected chi connectivity index (χ2v) is 7.88. The van der Waals surface area contributed by atoms with Gasteiger partial charge in [-0.05, 0) is 48.9 Å². The first-order valence-corrected chi connectivity index (χ1v) is 10.1. The zero-order valence-corrected chi connectivity index (χ0v) is 16.7. The Hall–Kier alpha value is -2.51. The molecule has 3 rings (SSSR count). The van der Waals surface area contributed by atoms with E-state index in [0.29, 0.717) is 28.6 Å². The summed E-state index contributed by atoms with van der Waals surface area (Å²) in [5.41, 5.74) is 1.62. The number of nitrogens with one attached hydrogen (secondary N) is 2. The van der Waals surface area contributed by atoms with Crippen LogP contribution in [0.25, 0.3) is 0 Å². The first-order valence-electron chi connectivity index (χ1n) is 8.80. The number of carbonyl (C=O) groups excluding carboxylic acids is 3. The monoisotopic (exact) mass is 418 g/mol. The molecule has 8 heteroatoms. The molecule has 0 saturated carbocycles. The number of ether oxygens (including phenoxy) is 1. The summed E-state index contributed by atoms with van der Waals surface area (Å²) in [5.74, 6) is -0.913. The lowest BCUT2D eigenvalue weighted by Gasteiger charge is -2.23. The molecular weight excluding hydrogens is 400 g/mol. The Labute approximate surface area is 172 Å². The van der Waals surface area contributed by atoms with Crippen molar-refractivity contribution >= 4 is 52.5 Å². The van der Waals surface area contributed by atoms with Gasteiger partial charge in [-0.1, -0.05) is 18.5 Å². The molecule has 2 amide bonds. The SMILES string of the molecule is CCCOC(=O)c1ccc(NC(=O)CC2Sc3ccc(Cl)cc3NC2=O)cc1. The Morgan fingerprint density at radius 2 is 1.96 bits per heavy atom. The Morgan fingerprint density at radius 3 is 2.68 bits per heavy atom. The summed E-state index contributed by atoms with van der Waals surface area (Å²) in [6.45, 7) is 2.29. The Kier molecular flexibility index (Phi) is 6.59. The van der Waals surface area contributed by atoms with Crippen molar-refractivity contribution in [2.75, 3.05) is 17.2 Å². The van der Waals surface area contributed by atoms with E-state index in [9.17, 15) is 14.4 Å². The average Bonchev–Trinajstić information content (AvgIpc) is 2.67. The van der Waals surface area contributed by atoms with Crippen molar-refractivity contribution < 1.29 is 19.1 Å². The third-order valence-electron chi connectivity index (χ3n) is 3.97. The van der Waals surface area contributed by atoms with Gasteiger partial charge in [0.2, 0.25) is 11.8 Å². The molecule has 1 aliphatic heterocycles. The molecule has 28 heavy (non-hydrogen) atoms. The molecule has 2 aromatic rings. The van der Waals surface area contributed by atoms with Gasteiger partial charge in [-0.15, -0.1) is 11.8 Å². The van der Waals surface area contributed by atoms with Gasteiger partial charge in [0.15, 0.2) is 0 Å². The predicted molar refractivity (Wildman–Crippen MR) is 110 cm³/mol. The molecule has 1 atom stereocenters. The van der Waals surface area contributed by atoms with Gasteiger partial charge in [-0.3, -0.25) is 9.59 Å². The van der Waals surface area contributed by atoms with Crippen LogP contribution in [0.15, 0.2) is 47.4 Å². The molecule has 0 aromatic heterocycles. The number of esters is 1. The molecule has 0 spiro atoms. The number of thioether (sulfide) groups is 1. The van der Waals surface area contributed by atoms with E-state index in [1.165, 1.54) is 11.8 Å². The lowest BCUT2D eigenvalue weighted by molar-refractivity contribution is -0.120. The largest absolute Gasteiger partial charge is 0.462 e. The summed E-state index contributed by atoms with van der Waals surface area (Å²) < 4.78 is 5.06. The van der Waals surface area contributed by atoms with E-state index in [2.05, 4.69) is 10.6 Å². The molecule has 1 unspecified atom stereocenters. The Bertz CT molecular complexity index is 902. The molecule has 0 bridgehead atoms. The van der Waals surface area contributed by atoms with Crippen LogP contribution in [0, 0.1) is 0 Å². The molecule has 2 aromatic carbocycles. The number of rotatable bonds is 6. The third-order valence-corrected chi connectivity index (χ3v) is 5.48. The van der Waals surface area contributed by atoms with Crippen molar-refractivity contribution in [3.05, 3.63) is 53.1 Å². The standard InChI is InChI=1S/C20H19ClN2O4S/c1-2-9-27-20(26)12-3-6-14(7-4-12)22-18(24)11-17-19(25)23-15-10-13(21)5-8-16(15)28-17/h3-8,10,17H,2,9,11H2,1H3,(H,22,24)(H,23,25). The minimum atomic E-state index is -0.531. The van der Waals surface area contributed by atoms with E-state index in [1.807, 2.05) is 13.0 Å². The zero-order valence-electron chi connectivity index (χ0n) is 15.2. The van der Waals surface area contributed by atoms with E-state index in [0.717, 1.165) is 11.3 Å². The number of carbonyl (C=O) groups is 3. The van der Waals surface area contributed by atoms with E-state index < -0.39 is 11.2 Å². The van der Waals surface area contributed by atoms with Crippen molar-refractivity contribution in [1.29, 1.82) is 0 Å². The molecular formula is C20H19ClN2O4S. The van der Waals surface area contributed by atoms with Crippen LogP contribution in [0.1, 0.15) is 30.1 Å². The van der Waals surface area contributed by atoms with Crippen molar-refractivity contribution in [1.82, 2.24) is 0 Å². The fourth-order valence-electron chi connectivity index (χ4n) is 2.61. The molecule has 1 heterocycles. The third kappa shape index (κ3) is 5.05. The highest BCUT2D eigenvalue weighted by Gasteiger charge is 2.29. The van der Waals surface area contributed by atoms with Gasteiger partial charge in [0.25, 0.3) is 0 Å². The zero-order chi connectivity index (χ0) is 20.1. The number of amides is 2. The topological polar surface area (TPSA) is 84.5 Å². The van der Waals surface area contributed by atoms with Gasteiger partial charge in [0.05, 0.1) is 23.1 Å². The first-order chi connectivity index (χ1) is 13.5. The second kappa shape index (κ2) is 9.12. The summed E-state index contributed by atoms with van der Waals surface area (Å²) in [4.78, 5) is 37.3. The van der Waals surface area contributed by atoms with E-state index >= 15 is 0 Å². The van der Waals surface area contributed by atoms with Crippen molar-refractivity contribution in [2.24, 2.45) is 0 Å². The molecule has 0 radical (unpaired) electrons. The second-order valence-electron chi connectivity index (χ2n) is 6.20. The summed E-state index contributed by atoms with van der Waals surface area (Å²) in [6.07, 6.45) is 0.781. The quantitative estimate of drug-likeness (QED) is 0.681. The molecule has 0 fully saturated rings. The molecule has 2 N–H and O–H groups in total. The number of fused-ring (bicyclic) bond motifs is 1. The number of hydrogen-bond donors (Lipinski definition) is 2. The summed E-state index contributed by atoms with van der Waals surface area (Å²) in [5, 5.41) is 5.54. The van der Waals surface area contributed by atoms with Gasteiger partial charge in [-0.25, -0.2) is 4.79 Å². The van der Waals surface area contributed by atoms with Crippen LogP contribution < -0.4 is 10.6 Å². The van der Waals surface area contributed by atoms with Crippen molar-refractivity contribution in [2.45, 2.75) is 29.9 Å². The van der Waals surface area contributed by atoms with Crippen LogP contribution in [0.2, 0.25) is 5.02 Å². The maximum absolute atomic E-state index is 12.3. The van der Waals surface area contributed by atoms with Crippen LogP contribution >= 0.6 is 23.4 Å². The molecule has 146 valence electrons. The predicted octanol–water partition coefficient (Wildman–Crippen LogP) is 4.35. The lowest BCUT2D eigenvalue weighted by Crippen LogP contribution is -2.32. The fraction of sp³-hybridized carbons (Fsp3) is 0.250. The molecule has 6 nitrogen and oxygen atoms in total. The highest BCUT2D eigenvalue weighted by atomic mass is 35.5. The maximum Gasteiger partial charge on any atom is 0.338 e. The minimum Gasteiger partial charge on any atom is -0.462 e. The van der Waals surface area contributed by atoms with Crippen LogP contribution in [0.3, 0.4) is 0 Å². The van der Waals surface area contributed by atoms with Gasteiger partial charge in [-0.2, -0.15) is 0 Å². The Morgan fingerprint density at radius 1 is 1.21 bits per heavy atom. The number of halogens is 1. The van der Waals surface area contributed by atoms with Gasteiger partial charge >= 0.3 is 5.97 Å². The van der Waals surface area contributed by atoms with E-state index in [-0.39, 0.29) is 18.2 Å².